The lowest BCUT2D eigenvalue weighted by molar-refractivity contribution is -0.768. The monoisotopic (exact) mass is 402 g/mol. The molecule has 30 heavy (non-hydrogen) atoms. The molecular weight excluding hydrogens is 369 g/mol. The van der Waals surface area contributed by atoms with Crippen molar-refractivity contribution in [3.05, 3.63) is 64.6 Å². The van der Waals surface area contributed by atoms with E-state index in [1.54, 1.807) is 6.07 Å². The summed E-state index contributed by atoms with van der Waals surface area (Å²) < 4.78 is 18.1. The Morgan fingerprint density at radius 3 is 2.17 bits per heavy atom. The zero-order valence-corrected chi connectivity index (χ0v) is 19.4. The van der Waals surface area contributed by atoms with Crippen LogP contribution >= 0.6 is 0 Å². The van der Waals surface area contributed by atoms with E-state index < -0.39 is 0 Å². The molecule has 2 heteroatoms. The minimum absolute atomic E-state index is 0.0319. The zero-order chi connectivity index (χ0) is 21.6. The van der Waals surface area contributed by atoms with Gasteiger partial charge in [0.1, 0.15) is 5.82 Å². The van der Waals surface area contributed by atoms with Gasteiger partial charge in [-0.2, -0.15) is 4.57 Å². The third-order valence-corrected chi connectivity index (χ3v) is 8.98. The molecule has 2 aromatic carbocycles. The lowest BCUT2D eigenvalue weighted by Gasteiger charge is -2.50. The predicted molar refractivity (Wildman–Crippen MR) is 123 cm³/mol. The number of aryl methyl sites for hydroxylation is 1. The summed E-state index contributed by atoms with van der Waals surface area (Å²) in [5.74, 6) is -0.0764. The normalized spacial score (nSPS) is 22.4. The number of hydrogen-bond donors (Lipinski definition) is 0. The molecule has 2 aliphatic rings. The largest absolute Gasteiger partial charge is 0.221 e. The Balaban J connectivity index is 2.13. The molecule has 0 fully saturated rings. The Kier molecular flexibility index (Phi) is 3.90. The summed E-state index contributed by atoms with van der Waals surface area (Å²) in [6.07, 6.45) is 5.42. The summed E-state index contributed by atoms with van der Waals surface area (Å²) in [6.45, 7) is 15.9. The molecule has 3 aromatic rings. The summed E-state index contributed by atoms with van der Waals surface area (Å²) in [6, 6.07) is 10.6. The first-order valence-electron chi connectivity index (χ1n) is 11.5. The Bertz CT molecular complexity index is 1220. The van der Waals surface area contributed by atoms with Gasteiger partial charge in [0.25, 0.3) is 0 Å². The van der Waals surface area contributed by atoms with E-state index in [4.69, 9.17) is 0 Å². The summed E-state index contributed by atoms with van der Waals surface area (Å²) in [5.41, 5.74) is 6.67. The van der Waals surface area contributed by atoms with Gasteiger partial charge in [-0.3, -0.25) is 0 Å². The summed E-state index contributed by atoms with van der Waals surface area (Å²) >= 11 is 0. The van der Waals surface area contributed by atoms with Crippen molar-refractivity contribution in [1.82, 2.24) is 0 Å². The Hall–Kier alpha value is -2.22. The molecule has 1 aliphatic carbocycles. The van der Waals surface area contributed by atoms with Crippen LogP contribution in [0.2, 0.25) is 0 Å². The fourth-order valence-electron chi connectivity index (χ4n) is 7.10. The van der Waals surface area contributed by atoms with Gasteiger partial charge in [0.2, 0.25) is 5.69 Å². The highest BCUT2D eigenvalue weighted by molar-refractivity contribution is 6.02. The first-order chi connectivity index (χ1) is 14.2. The molecular formula is C28H33FN+. The molecule has 1 nitrogen and oxygen atoms in total. The average Bonchev–Trinajstić information content (AvgIpc) is 2.73. The third-order valence-electron chi connectivity index (χ3n) is 8.98. The first kappa shape index (κ1) is 19.7. The predicted octanol–water partition coefficient (Wildman–Crippen LogP) is 7.08. The van der Waals surface area contributed by atoms with Crippen molar-refractivity contribution < 1.29 is 8.96 Å². The van der Waals surface area contributed by atoms with Gasteiger partial charge in [-0.25, -0.2) is 4.39 Å². The van der Waals surface area contributed by atoms with Gasteiger partial charge >= 0.3 is 0 Å². The number of hydrogen-bond acceptors (Lipinski definition) is 0. The van der Waals surface area contributed by atoms with Crippen molar-refractivity contribution in [2.45, 2.75) is 84.1 Å². The molecule has 0 radical (unpaired) electrons. The second kappa shape index (κ2) is 5.93. The van der Waals surface area contributed by atoms with Crippen molar-refractivity contribution in [1.29, 1.82) is 0 Å². The van der Waals surface area contributed by atoms with Crippen molar-refractivity contribution in [3.63, 3.8) is 0 Å². The smallest absolute Gasteiger partial charge is 0.207 e. The van der Waals surface area contributed by atoms with Crippen molar-refractivity contribution >= 4 is 10.8 Å². The van der Waals surface area contributed by atoms with Crippen LogP contribution in [0.4, 0.5) is 4.39 Å². The number of benzene rings is 2. The number of aromatic nitrogens is 1. The van der Waals surface area contributed by atoms with Crippen LogP contribution in [-0.4, -0.2) is 0 Å². The van der Waals surface area contributed by atoms with E-state index in [1.807, 2.05) is 0 Å². The second-order valence-electron chi connectivity index (χ2n) is 10.1. The van der Waals surface area contributed by atoms with Crippen molar-refractivity contribution in [2.24, 2.45) is 0 Å². The highest BCUT2D eigenvalue weighted by Gasteiger charge is 2.60. The van der Waals surface area contributed by atoms with Gasteiger partial charge in [0, 0.05) is 29.9 Å². The summed E-state index contributed by atoms with van der Waals surface area (Å²) in [4.78, 5) is 0. The van der Waals surface area contributed by atoms with Gasteiger partial charge in [0.15, 0.2) is 11.7 Å². The summed E-state index contributed by atoms with van der Waals surface area (Å²) in [5, 5.41) is 2.63. The van der Waals surface area contributed by atoms with E-state index >= 15 is 4.39 Å². The summed E-state index contributed by atoms with van der Waals surface area (Å²) in [7, 11) is 0. The SMILES string of the molecule is CCC1(C)c2ccc(F)c3c2-c2c4c(ccc(C)c4cc[n+]2C1(CC)CC)C3(C)C. The molecule has 0 saturated carbocycles. The molecule has 1 atom stereocenters. The van der Waals surface area contributed by atoms with E-state index in [-0.39, 0.29) is 22.2 Å². The molecule has 0 amide bonds. The van der Waals surface area contributed by atoms with Crippen LogP contribution in [0, 0.1) is 12.7 Å². The van der Waals surface area contributed by atoms with E-state index in [0.29, 0.717) is 0 Å². The van der Waals surface area contributed by atoms with E-state index in [0.717, 1.165) is 30.4 Å². The van der Waals surface area contributed by atoms with Crippen LogP contribution in [-0.2, 0) is 16.4 Å². The highest BCUT2D eigenvalue weighted by Crippen LogP contribution is 2.58. The number of pyridine rings is 1. The van der Waals surface area contributed by atoms with E-state index in [1.165, 1.54) is 33.2 Å². The molecule has 5 rings (SSSR count). The maximum absolute atomic E-state index is 15.6. The molecule has 2 heterocycles. The van der Waals surface area contributed by atoms with Gasteiger partial charge in [-0.1, -0.05) is 52.8 Å². The van der Waals surface area contributed by atoms with Crippen LogP contribution in [0.15, 0.2) is 36.5 Å². The maximum atomic E-state index is 15.6. The fraction of sp³-hybridized carbons (Fsp3) is 0.464. The molecule has 0 saturated heterocycles. The highest BCUT2D eigenvalue weighted by atomic mass is 19.1. The van der Waals surface area contributed by atoms with E-state index in [2.05, 4.69) is 83.5 Å². The number of halogens is 1. The maximum Gasteiger partial charge on any atom is 0.221 e. The number of rotatable bonds is 3. The Labute approximate surface area is 179 Å². The van der Waals surface area contributed by atoms with Gasteiger partial charge < -0.3 is 0 Å². The second-order valence-corrected chi connectivity index (χ2v) is 10.1. The fourth-order valence-corrected chi connectivity index (χ4v) is 7.10. The molecule has 1 aromatic heterocycles. The minimum Gasteiger partial charge on any atom is -0.207 e. The van der Waals surface area contributed by atoms with Crippen LogP contribution in [0.25, 0.3) is 22.0 Å². The topological polar surface area (TPSA) is 3.88 Å². The number of nitrogens with zero attached hydrogens (tertiary/aromatic N) is 1. The Morgan fingerprint density at radius 1 is 0.867 bits per heavy atom. The Morgan fingerprint density at radius 2 is 1.53 bits per heavy atom. The van der Waals surface area contributed by atoms with Crippen LogP contribution in [0.1, 0.15) is 83.1 Å². The average molecular weight is 403 g/mol. The third kappa shape index (κ3) is 1.92. The molecule has 156 valence electrons. The minimum atomic E-state index is -0.374. The van der Waals surface area contributed by atoms with Crippen LogP contribution in [0.5, 0.6) is 0 Å². The zero-order valence-electron chi connectivity index (χ0n) is 19.4. The molecule has 1 unspecified atom stereocenters. The van der Waals surface area contributed by atoms with Crippen molar-refractivity contribution in [3.8, 4) is 11.3 Å². The molecule has 1 aliphatic heterocycles. The van der Waals surface area contributed by atoms with E-state index in [9.17, 15) is 0 Å². The van der Waals surface area contributed by atoms with Crippen molar-refractivity contribution in [2.75, 3.05) is 0 Å². The van der Waals surface area contributed by atoms with Gasteiger partial charge in [-0.05, 0) is 48.4 Å². The quantitative estimate of drug-likeness (QED) is 0.412. The lowest BCUT2D eigenvalue weighted by Crippen LogP contribution is -2.69. The lowest BCUT2D eigenvalue weighted by atomic mass is 9.55. The van der Waals surface area contributed by atoms with Crippen LogP contribution < -0.4 is 4.57 Å². The van der Waals surface area contributed by atoms with Gasteiger partial charge in [-0.15, -0.1) is 0 Å². The van der Waals surface area contributed by atoms with Gasteiger partial charge in [0.05, 0.1) is 16.4 Å². The molecule has 0 N–H and O–H groups in total. The van der Waals surface area contributed by atoms with Crippen LogP contribution in [0.3, 0.4) is 0 Å². The standard InChI is InChI=1S/C28H33FN/c1-8-27(7)20-13-14-21(29)24-23(20)25-22-18(15-16-30(25)28(27,9-2)10-3)17(4)11-12-19(22)26(24,5)6/h11-16H,8-10H2,1-7H3/q+1. The molecule has 0 bridgehead atoms. The first-order valence-corrected chi connectivity index (χ1v) is 11.5. The molecule has 0 spiro atoms.